The van der Waals surface area contributed by atoms with Crippen molar-refractivity contribution in [3.8, 4) is 0 Å². The first-order valence-electron chi connectivity index (χ1n) is 8.90. The number of aryl methyl sites for hydroxylation is 1. The molecular weight excluding hydrogens is 292 g/mol. The van der Waals surface area contributed by atoms with Gasteiger partial charge in [-0.2, -0.15) is 5.10 Å². The van der Waals surface area contributed by atoms with Crippen molar-refractivity contribution in [3.63, 3.8) is 0 Å². The number of ether oxygens (including phenoxy) is 1. The van der Waals surface area contributed by atoms with Crippen molar-refractivity contribution >= 4 is 5.91 Å². The van der Waals surface area contributed by atoms with E-state index in [0.29, 0.717) is 11.6 Å². The highest BCUT2D eigenvalue weighted by molar-refractivity contribution is 5.92. The summed E-state index contributed by atoms with van der Waals surface area (Å²) in [5.74, 6) is 0.778. The van der Waals surface area contributed by atoms with Gasteiger partial charge in [-0.1, -0.05) is 13.3 Å². The molecule has 0 saturated carbocycles. The van der Waals surface area contributed by atoms with Gasteiger partial charge in [-0.05, 0) is 31.2 Å². The van der Waals surface area contributed by atoms with Crippen molar-refractivity contribution in [2.24, 2.45) is 5.92 Å². The van der Waals surface area contributed by atoms with E-state index in [1.807, 2.05) is 11.0 Å². The second-order valence-corrected chi connectivity index (χ2v) is 6.68. The van der Waals surface area contributed by atoms with Crippen LogP contribution in [0.1, 0.15) is 42.4 Å². The molecule has 6 nitrogen and oxygen atoms in total. The minimum absolute atomic E-state index is 0.0772. The molecule has 1 aromatic rings. The van der Waals surface area contributed by atoms with Crippen molar-refractivity contribution in [1.29, 1.82) is 0 Å². The maximum Gasteiger partial charge on any atom is 0.274 e. The zero-order valence-corrected chi connectivity index (χ0v) is 14.1. The van der Waals surface area contributed by atoms with Crippen LogP contribution in [0.4, 0.5) is 0 Å². The molecule has 3 rings (SSSR count). The predicted molar refractivity (Wildman–Crippen MR) is 88.5 cm³/mol. The third-order valence-corrected chi connectivity index (χ3v) is 4.89. The molecule has 128 valence electrons. The van der Waals surface area contributed by atoms with Gasteiger partial charge in [0, 0.05) is 38.4 Å². The summed E-state index contributed by atoms with van der Waals surface area (Å²) in [5, 5.41) is 7.16. The molecule has 0 aliphatic carbocycles. The van der Waals surface area contributed by atoms with E-state index in [-0.39, 0.29) is 5.91 Å². The molecule has 0 bridgehead atoms. The van der Waals surface area contributed by atoms with Crippen LogP contribution in [-0.2, 0) is 11.2 Å². The number of likely N-dealkylation sites (tertiary alicyclic amines) is 1. The van der Waals surface area contributed by atoms with Crippen LogP contribution >= 0.6 is 0 Å². The smallest absolute Gasteiger partial charge is 0.274 e. The summed E-state index contributed by atoms with van der Waals surface area (Å²) in [7, 11) is 0. The summed E-state index contributed by atoms with van der Waals surface area (Å²) in [4.78, 5) is 17.0. The summed E-state index contributed by atoms with van der Waals surface area (Å²) >= 11 is 0. The zero-order chi connectivity index (χ0) is 16.1. The Morgan fingerprint density at radius 2 is 2.04 bits per heavy atom. The third-order valence-electron chi connectivity index (χ3n) is 4.89. The molecule has 1 aromatic heterocycles. The van der Waals surface area contributed by atoms with Gasteiger partial charge in [0.05, 0.1) is 13.2 Å². The lowest BCUT2D eigenvalue weighted by Gasteiger charge is -2.35. The quantitative estimate of drug-likeness (QED) is 0.894. The van der Waals surface area contributed by atoms with Crippen LogP contribution in [0.25, 0.3) is 0 Å². The number of carbonyl (C=O) groups excluding carboxylic acids is 1. The molecule has 0 unspecified atom stereocenters. The van der Waals surface area contributed by atoms with E-state index in [2.05, 4.69) is 22.0 Å². The van der Waals surface area contributed by atoms with Gasteiger partial charge >= 0.3 is 0 Å². The first-order chi connectivity index (χ1) is 11.3. The first-order valence-corrected chi connectivity index (χ1v) is 8.90. The number of piperidine rings is 1. The Labute approximate surface area is 138 Å². The summed E-state index contributed by atoms with van der Waals surface area (Å²) in [6, 6.07) is 1.91. The summed E-state index contributed by atoms with van der Waals surface area (Å²) in [6.07, 6.45) is 4.19. The normalized spacial score (nSPS) is 20.8. The number of aromatic nitrogens is 2. The monoisotopic (exact) mass is 320 g/mol. The van der Waals surface area contributed by atoms with E-state index in [1.165, 1.54) is 0 Å². The number of nitrogens with zero attached hydrogens (tertiary/aromatic N) is 3. The Balaban J connectivity index is 1.46. The van der Waals surface area contributed by atoms with Crippen molar-refractivity contribution in [2.75, 3.05) is 45.9 Å². The SMILES string of the molecule is CCCc1cc(C(=O)N2CCC(CN3CCOCC3)CC2)n[nH]1. The maximum atomic E-state index is 12.5. The highest BCUT2D eigenvalue weighted by Crippen LogP contribution is 2.20. The number of aromatic amines is 1. The molecule has 2 saturated heterocycles. The number of amides is 1. The van der Waals surface area contributed by atoms with E-state index in [1.54, 1.807) is 0 Å². The number of nitrogens with one attached hydrogen (secondary N) is 1. The molecule has 0 radical (unpaired) electrons. The molecule has 6 heteroatoms. The molecule has 1 N–H and O–H groups in total. The fourth-order valence-electron chi connectivity index (χ4n) is 3.50. The standard InChI is InChI=1S/C17H28N4O2/c1-2-3-15-12-16(19-18-15)17(22)21-6-4-14(5-7-21)13-20-8-10-23-11-9-20/h12,14H,2-11,13H2,1H3,(H,18,19). The summed E-state index contributed by atoms with van der Waals surface area (Å²) in [6.45, 7) is 8.79. The number of hydrogen-bond donors (Lipinski definition) is 1. The van der Waals surface area contributed by atoms with E-state index in [4.69, 9.17) is 4.74 Å². The molecule has 0 aromatic carbocycles. The van der Waals surface area contributed by atoms with Gasteiger partial charge < -0.3 is 9.64 Å². The molecule has 2 fully saturated rings. The molecule has 0 atom stereocenters. The Morgan fingerprint density at radius 3 is 2.74 bits per heavy atom. The number of H-pyrrole nitrogens is 1. The van der Waals surface area contributed by atoms with Crippen molar-refractivity contribution in [3.05, 3.63) is 17.5 Å². The van der Waals surface area contributed by atoms with E-state index in [9.17, 15) is 4.79 Å². The van der Waals surface area contributed by atoms with Crippen molar-refractivity contribution in [1.82, 2.24) is 20.0 Å². The van der Waals surface area contributed by atoms with E-state index in [0.717, 1.165) is 77.3 Å². The Morgan fingerprint density at radius 1 is 1.30 bits per heavy atom. The number of rotatable bonds is 5. The average Bonchev–Trinajstić information content (AvgIpc) is 3.05. The second-order valence-electron chi connectivity index (χ2n) is 6.68. The summed E-state index contributed by atoms with van der Waals surface area (Å²) in [5.41, 5.74) is 1.62. The van der Waals surface area contributed by atoms with Crippen LogP contribution in [0.5, 0.6) is 0 Å². The molecule has 3 heterocycles. The lowest BCUT2D eigenvalue weighted by molar-refractivity contribution is 0.0242. The minimum atomic E-state index is 0.0772. The van der Waals surface area contributed by atoms with Gasteiger partial charge in [0.15, 0.2) is 0 Å². The Hall–Kier alpha value is -1.40. The second kappa shape index (κ2) is 7.93. The van der Waals surface area contributed by atoms with Crippen molar-refractivity contribution in [2.45, 2.75) is 32.6 Å². The van der Waals surface area contributed by atoms with Crippen LogP contribution in [0.2, 0.25) is 0 Å². The fourth-order valence-corrected chi connectivity index (χ4v) is 3.50. The lowest BCUT2D eigenvalue weighted by atomic mass is 9.96. The fraction of sp³-hybridized carbons (Fsp3) is 0.765. The van der Waals surface area contributed by atoms with Gasteiger partial charge in [0.25, 0.3) is 5.91 Å². The highest BCUT2D eigenvalue weighted by atomic mass is 16.5. The van der Waals surface area contributed by atoms with Gasteiger partial charge in [-0.3, -0.25) is 14.8 Å². The first kappa shape index (κ1) is 16.5. The number of hydrogen-bond acceptors (Lipinski definition) is 4. The van der Waals surface area contributed by atoms with Crippen LogP contribution in [-0.4, -0.2) is 71.8 Å². The lowest BCUT2D eigenvalue weighted by Crippen LogP contribution is -2.44. The molecule has 23 heavy (non-hydrogen) atoms. The predicted octanol–water partition coefficient (Wildman–Crippen LogP) is 1.55. The topological polar surface area (TPSA) is 61.5 Å². The minimum Gasteiger partial charge on any atom is -0.379 e. The van der Waals surface area contributed by atoms with Gasteiger partial charge in [-0.15, -0.1) is 0 Å². The number of morpholine rings is 1. The average molecular weight is 320 g/mol. The maximum absolute atomic E-state index is 12.5. The Bertz CT molecular complexity index is 502. The van der Waals surface area contributed by atoms with E-state index >= 15 is 0 Å². The largest absolute Gasteiger partial charge is 0.379 e. The van der Waals surface area contributed by atoms with Gasteiger partial charge in [0.2, 0.25) is 0 Å². The van der Waals surface area contributed by atoms with Gasteiger partial charge in [0.1, 0.15) is 5.69 Å². The third kappa shape index (κ3) is 4.32. The van der Waals surface area contributed by atoms with Gasteiger partial charge in [-0.25, -0.2) is 0 Å². The molecule has 2 aliphatic heterocycles. The van der Waals surface area contributed by atoms with Crippen LogP contribution in [0, 0.1) is 5.92 Å². The molecule has 1 amide bonds. The van der Waals surface area contributed by atoms with Crippen LogP contribution in [0.15, 0.2) is 6.07 Å². The zero-order valence-electron chi connectivity index (χ0n) is 14.1. The number of carbonyl (C=O) groups is 1. The molecule has 2 aliphatic rings. The van der Waals surface area contributed by atoms with Crippen molar-refractivity contribution < 1.29 is 9.53 Å². The molecular formula is C17H28N4O2. The van der Waals surface area contributed by atoms with Crippen LogP contribution in [0.3, 0.4) is 0 Å². The van der Waals surface area contributed by atoms with Crippen LogP contribution < -0.4 is 0 Å². The van der Waals surface area contributed by atoms with E-state index < -0.39 is 0 Å². The summed E-state index contributed by atoms with van der Waals surface area (Å²) < 4.78 is 5.40. The Kier molecular flexibility index (Phi) is 5.67. The highest BCUT2D eigenvalue weighted by Gasteiger charge is 2.26. The molecule has 0 spiro atoms.